The zero-order valence-electron chi connectivity index (χ0n) is 11.3. The first-order valence-corrected chi connectivity index (χ1v) is 6.92. The van der Waals surface area contributed by atoms with E-state index in [9.17, 15) is 4.79 Å². The van der Waals surface area contributed by atoms with Gasteiger partial charge in [-0.05, 0) is 35.7 Å². The molecule has 2 aromatic heterocycles. The molecule has 0 atom stereocenters. The monoisotopic (exact) mass is 301 g/mol. The quantitative estimate of drug-likeness (QED) is 0.798. The van der Waals surface area contributed by atoms with E-state index in [4.69, 9.17) is 4.63 Å². The number of amides is 1. The van der Waals surface area contributed by atoms with Crippen LogP contribution in [0.4, 0.5) is 5.82 Å². The van der Waals surface area contributed by atoms with Gasteiger partial charge in [0.25, 0.3) is 5.91 Å². The van der Waals surface area contributed by atoms with Crippen LogP contribution in [0.15, 0.2) is 28.9 Å². The average molecular weight is 301 g/mol. The second kappa shape index (κ2) is 5.41. The minimum Gasteiger partial charge on any atom is -0.301 e. The van der Waals surface area contributed by atoms with Crippen LogP contribution < -0.4 is 5.32 Å². The summed E-state index contributed by atoms with van der Waals surface area (Å²) >= 11 is 1.03. The van der Waals surface area contributed by atoms with Crippen LogP contribution in [0.1, 0.15) is 20.9 Å². The Kier molecular flexibility index (Phi) is 3.44. The minimum absolute atomic E-state index is 0.275. The van der Waals surface area contributed by atoms with Crippen LogP contribution >= 0.6 is 11.5 Å². The van der Waals surface area contributed by atoms with Crippen molar-refractivity contribution in [2.75, 3.05) is 5.32 Å². The number of nitrogens with zero attached hydrogens (tertiary/aromatic N) is 4. The maximum Gasteiger partial charge on any atom is 0.270 e. The highest BCUT2D eigenvalue weighted by Crippen LogP contribution is 2.25. The lowest BCUT2D eigenvalue weighted by Gasteiger charge is -2.02. The number of carbonyl (C=O) groups is 1. The SMILES string of the molecule is Cc1ccc(-c2nonc2NC(=O)c2snnc2C)cc1. The Morgan fingerprint density at radius 2 is 1.95 bits per heavy atom. The smallest absolute Gasteiger partial charge is 0.270 e. The Labute approximate surface area is 124 Å². The van der Waals surface area contributed by atoms with Crippen molar-refractivity contribution in [3.63, 3.8) is 0 Å². The molecule has 0 unspecified atom stereocenters. The Balaban J connectivity index is 1.88. The van der Waals surface area contributed by atoms with Crippen LogP contribution in [0.5, 0.6) is 0 Å². The molecule has 0 fully saturated rings. The van der Waals surface area contributed by atoms with Gasteiger partial charge in [0.1, 0.15) is 4.88 Å². The highest BCUT2D eigenvalue weighted by molar-refractivity contribution is 7.08. The lowest BCUT2D eigenvalue weighted by atomic mass is 10.1. The minimum atomic E-state index is -0.327. The molecule has 1 aromatic carbocycles. The fourth-order valence-electron chi connectivity index (χ4n) is 1.78. The second-order valence-corrected chi connectivity index (χ2v) is 5.22. The van der Waals surface area contributed by atoms with E-state index in [0.29, 0.717) is 16.3 Å². The third kappa shape index (κ3) is 2.65. The van der Waals surface area contributed by atoms with Crippen molar-refractivity contribution in [1.82, 2.24) is 19.9 Å². The molecule has 3 rings (SSSR count). The van der Waals surface area contributed by atoms with E-state index in [-0.39, 0.29) is 11.7 Å². The number of anilines is 1. The van der Waals surface area contributed by atoms with Crippen molar-refractivity contribution < 1.29 is 9.42 Å². The fourth-order valence-corrected chi connectivity index (χ4v) is 2.33. The Hall–Kier alpha value is -2.61. The topological polar surface area (TPSA) is 93.8 Å². The van der Waals surface area contributed by atoms with E-state index >= 15 is 0 Å². The molecule has 0 bridgehead atoms. The molecule has 2 heterocycles. The van der Waals surface area contributed by atoms with Gasteiger partial charge in [-0.15, -0.1) is 5.10 Å². The summed E-state index contributed by atoms with van der Waals surface area (Å²) in [4.78, 5) is 12.6. The van der Waals surface area contributed by atoms with Gasteiger partial charge >= 0.3 is 0 Å². The average Bonchev–Trinajstić information content (AvgIpc) is 3.09. The number of hydrogen-bond acceptors (Lipinski definition) is 7. The van der Waals surface area contributed by atoms with Gasteiger partial charge in [0, 0.05) is 5.56 Å². The van der Waals surface area contributed by atoms with Crippen LogP contribution in [0.3, 0.4) is 0 Å². The van der Waals surface area contributed by atoms with Crippen molar-refractivity contribution in [2.45, 2.75) is 13.8 Å². The molecule has 21 heavy (non-hydrogen) atoms. The van der Waals surface area contributed by atoms with Gasteiger partial charge in [-0.1, -0.05) is 34.3 Å². The van der Waals surface area contributed by atoms with Crippen LogP contribution in [0.25, 0.3) is 11.3 Å². The van der Waals surface area contributed by atoms with E-state index in [1.807, 2.05) is 31.2 Å². The zero-order valence-corrected chi connectivity index (χ0v) is 12.1. The van der Waals surface area contributed by atoms with Crippen molar-refractivity contribution in [1.29, 1.82) is 0 Å². The van der Waals surface area contributed by atoms with E-state index in [2.05, 4.69) is 25.2 Å². The maximum atomic E-state index is 12.1. The number of aromatic nitrogens is 4. The standard InChI is InChI=1S/C13H11N5O2S/c1-7-3-5-9(6-4-7)10-12(17-20-16-10)14-13(19)11-8(2)15-18-21-11/h3-6H,1-2H3,(H,14,17,19). The second-order valence-electron chi connectivity index (χ2n) is 4.47. The Bertz CT molecular complexity index is 778. The fraction of sp³-hybridized carbons (Fsp3) is 0.154. The summed E-state index contributed by atoms with van der Waals surface area (Å²) in [7, 11) is 0. The zero-order chi connectivity index (χ0) is 14.8. The summed E-state index contributed by atoms with van der Waals surface area (Å²) < 4.78 is 8.47. The molecule has 0 radical (unpaired) electrons. The maximum absolute atomic E-state index is 12.1. The summed E-state index contributed by atoms with van der Waals surface area (Å²) in [6.07, 6.45) is 0. The number of hydrogen-bond donors (Lipinski definition) is 1. The van der Waals surface area contributed by atoms with Gasteiger partial charge < -0.3 is 5.32 Å². The number of carbonyl (C=O) groups excluding carboxylic acids is 1. The first kappa shape index (κ1) is 13.4. The number of nitrogens with one attached hydrogen (secondary N) is 1. The van der Waals surface area contributed by atoms with E-state index in [0.717, 1.165) is 22.7 Å². The van der Waals surface area contributed by atoms with Crippen molar-refractivity contribution in [3.05, 3.63) is 40.4 Å². The van der Waals surface area contributed by atoms with Crippen LogP contribution in [-0.4, -0.2) is 25.8 Å². The molecule has 8 heteroatoms. The number of benzene rings is 1. The third-order valence-electron chi connectivity index (χ3n) is 2.90. The molecule has 106 valence electrons. The Morgan fingerprint density at radius 1 is 1.19 bits per heavy atom. The van der Waals surface area contributed by atoms with Gasteiger partial charge in [0.05, 0.1) is 5.69 Å². The molecule has 0 aliphatic heterocycles. The number of rotatable bonds is 3. The highest BCUT2D eigenvalue weighted by atomic mass is 32.1. The summed E-state index contributed by atoms with van der Waals surface area (Å²) in [5.74, 6) is -0.0526. The molecular weight excluding hydrogens is 290 g/mol. The highest BCUT2D eigenvalue weighted by Gasteiger charge is 2.19. The van der Waals surface area contributed by atoms with Crippen LogP contribution in [0, 0.1) is 13.8 Å². The summed E-state index contributed by atoms with van der Waals surface area (Å²) in [5.41, 5.74) is 3.01. The van der Waals surface area contributed by atoms with Gasteiger partial charge in [-0.25, -0.2) is 4.63 Å². The van der Waals surface area contributed by atoms with Crippen LogP contribution in [0.2, 0.25) is 0 Å². The molecule has 0 saturated heterocycles. The lowest BCUT2D eigenvalue weighted by molar-refractivity contribution is 0.102. The van der Waals surface area contributed by atoms with Crippen LogP contribution in [-0.2, 0) is 0 Å². The molecular formula is C13H11N5O2S. The lowest BCUT2D eigenvalue weighted by Crippen LogP contribution is -2.12. The van der Waals surface area contributed by atoms with Crippen molar-refractivity contribution in [3.8, 4) is 11.3 Å². The third-order valence-corrected chi connectivity index (χ3v) is 3.73. The molecule has 0 spiro atoms. The molecule has 0 saturated carbocycles. The summed E-state index contributed by atoms with van der Waals surface area (Å²) in [6.45, 7) is 3.72. The first-order chi connectivity index (χ1) is 10.1. The van der Waals surface area contributed by atoms with E-state index < -0.39 is 0 Å². The normalized spacial score (nSPS) is 10.6. The predicted octanol–water partition coefficient (Wildman–Crippen LogP) is 2.46. The Morgan fingerprint density at radius 3 is 2.62 bits per heavy atom. The van der Waals surface area contributed by atoms with E-state index in [1.165, 1.54) is 0 Å². The van der Waals surface area contributed by atoms with Gasteiger partial charge in [0.15, 0.2) is 5.69 Å². The summed E-state index contributed by atoms with van der Waals surface area (Å²) in [5, 5.41) is 14.1. The number of aryl methyl sites for hydroxylation is 2. The largest absolute Gasteiger partial charge is 0.301 e. The molecule has 1 N–H and O–H groups in total. The molecule has 0 aliphatic rings. The van der Waals surface area contributed by atoms with E-state index in [1.54, 1.807) is 6.92 Å². The van der Waals surface area contributed by atoms with Gasteiger partial charge in [0.2, 0.25) is 5.82 Å². The molecule has 7 nitrogen and oxygen atoms in total. The van der Waals surface area contributed by atoms with Crippen molar-refractivity contribution >= 4 is 23.3 Å². The predicted molar refractivity (Wildman–Crippen MR) is 77.1 cm³/mol. The molecule has 0 aliphatic carbocycles. The van der Waals surface area contributed by atoms with Crippen molar-refractivity contribution in [2.24, 2.45) is 0 Å². The van der Waals surface area contributed by atoms with Gasteiger partial charge in [-0.2, -0.15) is 0 Å². The van der Waals surface area contributed by atoms with Gasteiger partial charge in [-0.3, -0.25) is 4.79 Å². The molecule has 1 amide bonds. The summed E-state index contributed by atoms with van der Waals surface area (Å²) in [6, 6.07) is 7.69. The molecule has 3 aromatic rings. The first-order valence-electron chi connectivity index (χ1n) is 6.15.